The van der Waals surface area contributed by atoms with Gasteiger partial charge in [-0.05, 0) is 31.5 Å². The normalized spacial score (nSPS) is 10.9. The molecule has 0 atom stereocenters. The molecule has 0 aliphatic carbocycles. The number of ether oxygens (including phenoxy) is 2. The largest absolute Gasteiger partial charge is 0.496 e. The van der Waals surface area contributed by atoms with Crippen LogP contribution in [0, 0.1) is 0 Å². The Hall–Kier alpha value is -3.29. The van der Waals surface area contributed by atoms with Crippen molar-refractivity contribution in [2.75, 3.05) is 31.3 Å². The Morgan fingerprint density at radius 2 is 2.03 bits per heavy atom. The maximum absolute atomic E-state index is 12.0. The molecule has 0 amide bonds. The quantitative estimate of drug-likeness (QED) is 0.386. The van der Waals surface area contributed by atoms with Gasteiger partial charge in [0.05, 0.1) is 31.3 Å². The van der Waals surface area contributed by atoms with Crippen LogP contribution in [0.2, 0.25) is 0 Å². The number of benzene rings is 1. The Kier molecular flexibility index (Phi) is 7.11. The van der Waals surface area contributed by atoms with E-state index in [2.05, 4.69) is 26.8 Å². The zero-order chi connectivity index (χ0) is 21.5. The van der Waals surface area contributed by atoms with Gasteiger partial charge in [0.25, 0.3) is 0 Å². The van der Waals surface area contributed by atoms with Crippen LogP contribution in [-0.4, -0.2) is 40.8 Å². The van der Waals surface area contributed by atoms with Crippen molar-refractivity contribution < 1.29 is 14.3 Å². The molecular weight excluding hydrogens is 382 g/mol. The number of unbranched alkanes of at least 4 members (excludes halogenated alkanes) is 2. The highest BCUT2D eigenvalue weighted by molar-refractivity contribution is 5.90. The summed E-state index contributed by atoms with van der Waals surface area (Å²) in [6, 6.07) is 7.25. The monoisotopic (exact) mass is 411 g/mol. The first-order valence-electron chi connectivity index (χ1n) is 10.3. The van der Waals surface area contributed by atoms with E-state index in [-0.39, 0.29) is 11.9 Å². The Balaban J connectivity index is 1.91. The molecule has 2 heterocycles. The minimum Gasteiger partial charge on any atom is -0.496 e. The van der Waals surface area contributed by atoms with Crippen LogP contribution in [0.3, 0.4) is 0 Å². The summed E-state index contributed by atoms with van der Waals surface area (Å²) in [4.78, 5) is 20.8. The third-order valence-corrected chi connectivity index (χ3v) is 4.84. The number of nitrogens with zero attached hydrogens (tertiary/aromatic N) is 3. The summed E-state index contributed by atoms with van der Waals surface area (Å²) in [6.07, 6.45) is 5.32. The van der Waals surface area contributed by atoms with Gasteiger partial charge in [-0.1, -0.05) is 25.8 Å². The number of nitrogen functional groups attached to an aromatic ring is 1. The average molecular weight is 412 g/mol. The number of carbonyl (C=O) groups is 1. The number of hydrogen-bond donors (Lipinski definition) is 2. The van der Waals surface area contributed by atoms with Gasteiger partial charge in [0, 0.05) is 18.3 Å². The summed E-state index contributed by atoms with van der Waals surface area (Å²) in [5.74, 6) is 1.22. The molecule has 160 valence electrons. The number of nitrogens with one attached hydrogen (secondary N) is 1. The maximum atomic E-state index is 12.0. The molecule has 0 saturated heterocycles. The lowest BCUT2D eigenvalue weighted by Gasteiger charge is -2.14. The van der Waals surface area contributed by atoms with E-state index in [1.165, 1.54) is 0 Å². The Morgan fingerprint density at radius 1 is 1.20 bits per heavy atom. The fourth-order valence-electron chi connectivity index (χ4n) is 3.36. The molecule has 3 aromatic rings. The lowest BCUT2D eigenvalue weighted by molar-refractivity contribution is 0.0526. The van der Waals surface area contributed by atoms with Gasteiger partial charge >= 0.3 is 5.97 Å². The second-order valence-corrected chi connectivity index (χ2v) is 6.99. The first kappa shape index (κ1) is 21.4. The number of hydrogen-bond acceptors (Lipinski definition) is 7. The van der Waals surface area contributed by atoms with Crippen LogP contribution in [-0.2, 0) is 11.3 Å². The van der Waals surface area contributed by atoms with E-state index in [1.54, 1.807) is 26.2 Å². The fraction of sp³-hybridized carbons (Fsp3) is 0.409. The van der Waals surface area contributed by atoms with Crippen LogP contribution in [0.15, 0.2) is 30.5 Å². The van der Waals surface area contributed by atoms with E-state index in [9.17, 15) is 4.79 Å². The van der Waals surface area contributed by atoms with E-state index < -0.39 is 0 Å². The molecule has 2 aromatic heterocycles. The van der Waals surface area contributed by atoms with Crippen molar-refractivity contribution in [3.63, 3.8) is 0 Å². The summed E-state index contributed by atoms with van der Waals surface area (Å²) >= 11 is 0. The topological polar surface area (TPSA) is 104 Å². The zero-order valence-electron chi connectivity index (χ0n) is 17.8. The van der Waals surface area contributed by atoms with Crippen LogP contribution in [0.4, 0.5) is 11.8 Å². The minimum absolute atomic E-state index is 0.245. The van der Waals surface area contributed by atoms with Crippen molar-refractivity contribution in [2.24, 2.45) is 0 Å². The summed E-state index contributed by atoms with van der Waals surface area (Å²) < 4.78 is 12.7. The molecule has 3 N–H and O–H groups in total. The smallest absolute Gasteiger partial charge is 0.338 e. The predicted octanol–water partition coefficient (Wildman–Crippen LogP) is 3.85. The van der Waals surface area contributed by atoms with Gasteiger partial charge in [-0.25, -0.2) is 9.78 Å². The predicted molar refractivity (Wildman–Crippen MR) is 118 cm³/mol. The Morgan fingerprint density at radius 3 is 2.77 bits per heavy atom. The van der Waals surface area contributed by atoms with Crippen molar-refractivity contribution >= 4 is 28.8 Å². The number of fused-ring (bicyclic) bond motifs is 1. The average Bonchev–Trinajstić information content (AvgIpc) is 3.14. The first-order valence-corrected chi connectivity index (χ1v) is 10.3. The Labute approximate surface area is 176 Å². The summed E-state index contributed by atoms with van der Waals surface area (Å²) in [7, 11) is 1.59. The van der Waals surface area contributed by atoms with Crippen molar-refractivity contribution in [1.82, 2.24) is 14.5 Å². The third kappa shape index (κ3) is 4.82. The number of aromatic nitrogens is 3. The highest BCUT2D eigenvalue weighted by Gasteiger charge is 2.15. The highest BCUT2D eigenvalue weighted by Crippen LogP contribution is 2.27. The van der Waals surface area contributed by atoms with Gasteiger partial charge in [-0.3, -0.25) is 0 Å². The molecule has 1 aromatic carbocycles. The van der Waals surface area contributed by atoms with Crippen LogP contribution in [0.5, 0.6) is 5.75 Å². The minimum atomic E-state index is -0.365. The van der Waals surface area contributed by atoms with E-state index >= 15 is 0 Å². The molecule has 30 heavy (non-hydrogen) atoms. The molecule has 3 rings (SSSR count). The van der Waals surface area contributed by atoms with E-state index in [0.717, 1.165) is 48.2 Å². The number of carbonyl (C=O) groups excluding carboxylic acids is 1. The lowest BCUT2D eigenvalue weighted by Crippen LogP contribution is -2.10. The summed E-state index contributed by atoms with van der Waals surface area (Å²) in [5, 5.41) is 3.40. The molecule has 0 aliphatic rings. The van der Waals surface area contributed by atoms with Gasteiger partial charge in [0.15, 0.2) is 5.82 Å². The highest BCUT2D eigenvalue weighted by atomic mass is 16.5. The summed E-state index contributed by atoms with van der Waals surface area (Å²) in [5.41, 5.74) is 8.95. The van der Waals surface area contributed by atoms with Crippen molar-refractivity contribution in [3.8, 4) is 5.75 Å². The molecule has 8 heteroatoms. The lowest BCUT2D eigenvalue weighted by atomic mass is 10.1. The van der Waals surface area contributed by atoms with E-state index in [1.807, 2.05) is 18.3 Å². The van der Waals surface area contributed by atoms with Gasteiger partial charge < -0.3 is 25.1 Å². The number of nitrogens with two attached hydrogens (primary N) is 1. The number of rotatable bonds is 10. The molecular formula is C22H29N5O3. The van der Waals surface area contributed by atoms with Crippen LogP contribution < -0.4 is 15.8 Å². The summed E-state index contributed by atoms with van der Waals surface area (Å²) in [6.45, 7) is 5.64. The Bertz CT molecular complexity index is 1020. The molecule has 0 bridgehead atoms. The first-order chi connectivity index (χ1) is 14.6. The number of esters is 1. The van der Waals surface area contributed by atoms with Gasteiger partial charge in [-0.2, -0.15) is 4.98 Å². The van der Waals surface area contributed by atoms with E-state index in [0.29, 0.717) is 24.5 Å². The van der Waals surface area contributed by atoms with Gasteiger partial charge in [0.2, 0.25) is 5.95 Å². The number of methoxy groups -OCH3 is 1. The van der Waals surface area contributed by atoms with E-state index in [4.69, 9.17) is 15.2 Å². The second kappa shape index (κ2) is 9.96. The van der Waals surface area contributed by atoms with Crippen molar-refractivity contribution in [2.45, 2.75) is 39.7 Å². The molecule has 0 fully saturated rings. The van der Waals surface area contributed by atoms with Gasteiger partial charge in [0.1, 0.15) is 11.3 Å². The van der Waals surface area contributed by atoms with Crippen LogP contribution >= 0.6 is 0 Å². The molecule has 0 radical (unpaired) electrons. The molecule has 0 spiro atoms. The molecule has 0 unspecified atom stereocenters. The molecule has 0 saturated carbocycles. The van der Waals surface area contributed by atoms with Crippen LogP contribution in [0.25, 0.3) is 11.0 Å². The molecule has 0 aliphatic heterocycles. The van der Waals surface area contributed by atoms with Crippen molar-refractivity contribution in [3.05, 3.63) is 41.6 Å². The van der Waals surface area contributed by atoms with Crippen molar-refractivity contribution in [1.29, 1.82) is 0 Å². The third-order valence-electron chi connectivity index (χ3n) is 4.84. The van der Waals surface area contributed by atoms with Crippen LogP contribution in [0.1, 0.15) is 49.0 Å². The van der Waals surface area contributed by atoms with Gasteiger partial charge in [-0.15, -0.1) is 0 Å². The SMILES string of the molecule is CCCCCNc1nc(N)nc2ccn(Cc3ccc(C(=O)OCC)cc3OC)c12. The zero-order valence-corrected chi connectivity index (χ0v) is 17.8. The second-order valence-electron chi connectivity index (χ2n) is 6.99. The fourth-order valence-corrected chi connectivity index (χ4v) is 3.36. The number of anilines is 2. The standard InChI is InChI=1S/C22H29N5O3/c1-4-6-7-11-24-20-19-17(25-22(23)26-20)10-12-27(19)14-16-9-8-15(13-18(16)29-3)21(28)30-5-2/h8-10,12-13H,4-7,11,14H2,1-3H3,(H3,23,24,25,26). The maximum Gasteiger partial charge on any atom is 0.338 e. The molecule has 8 nitrogen and oxygen atoms in total.